The second-order valence-electron chi connectivity index (χ2n) is 6.67. The lowest BCUT2D eigenvalue weighted by Crippen LogP contribution is -2.37. The third kappa shape index (κ3) is 4.02. The second-order valence-corrected chi connectivity index (χ2v) is 6.67. The summed E-state index contributed by atoms with van der Waals surface area (Å²) in [5, 5.41) is 0. The number of hydrogen-bond donors (Lipinski definition) is 0. The maximum atomic E-state index is 13.3. The molecule has 1 aliphatic rings. The molecule has 0 radical (unpaired) electrons. The Morgan fingerprint density at radius 1 is 1.14 bits per heavy atom. The number of amides is 2. The van der Waals surface area contributed by atoms with Gasteiger partial charge >= 0.3 is 0 Å². The summed E-state index contributed by atoms with van der Waals surface area (Å²) in [4.78, 5) is 29.3. The van der Waals surface area contributed by atoms with Crippen LogP contribution in [0.5, 0.6) is 5.75 Å². The number of carbonyl (C=O) groups excluding carboxylic acids is 2. The van der Waals surface area contributed by atoms with Crippen molar-refractivity contribution in [3.63, 3.8) is 0 Å². The number of ether oxygens (including phenoxy) is 2. The molecule has 0 aromatic heterocycles. The minimum atomic E-state index is -0.340. The van der Waals surface area contributed by atoms with Crippen LogP contribution < -0.4 is 9.64 Å². The molecule has 0 spiro atoms. The van der Waals surface area contributed by atoms with E-state index in [-0.39, 0.29) is 24.3 Å². The lowest BCUT2D eigenvalue weighted by molar-refractivity contribution is -0.118. The molecule has 2 aromatic carbocycles. The molecule has 0 aliphatic carbocycles. The first-order valence-electron chi connectivity index (χ1n) is 9.46. The fourth-order valence-electron chi connectivity index (χ4n) is 3.47. The van der Waals surface area contributed by atoms with Crippen molar-refractivity contribution in [2.24, 2.45) is 0 Å². The summed E-state index contributed by atoms with van der Waals surface area (Å²) in [5.41, 5.74) is 2.19. The first-order valence-corrected chi connectivity index (χ1v) is 9.46. The van der Waals surface area contributed by atoms with Crippen LogP contribution in [0.3, 0.4) is 0 Å². The van der Waals surface area contributed by atoms with E-state index in [9.17, 15) is 9.59 Å². The Morgan fingerprint density at radius 3 is 2.61 bits per heavy atom. The summed E-state index contributed by atoms with van der Waals surface area (Å²) >= 11 is 0. The van der Waals surface area contributed by atoms with Crippen molar-refractivity contribution in [3.8, 4) is 5.75 Å². The average molecular weight is 382 g/mol. The lowest BCUT2D eigenvalue weighted by atomic mass is 10.1. The van der Waals surface area contributed by atoms with Crippen molar-refractivity contribution in [1.29, 1.82) is 0 Å². The number of nitrogens with zero attached hydrogens (tertiary/aromatic N) is 2. The molecule has 1 aliphatic heterocycles. The Morgan fingerprint density at radius 2 is 1.86 bits per heavy atom. The van der Waals surface area contributed by atoms with Crippen molar-refractivity contribution < 1.29 is 19.1 Å². The lowest BCUT2D eigenvalue weighted by Gasteiger charge is -2.27. The van der Waals surface area contributed by atoms with E-state index in [4.69, 9.17) is 9.47 Å². The van der Waals surface area contributed by atoms with E-state index in [1.807, 2.05) is 43.3 Å². The van der Waals surface area contributed by atoms with Crippen molar-refractivity contribution >= 4 is 17.5 Å². The molecule has 1 heterocycles. The summed E-state index contributed by atoms with van der Waals surface area (Å²) in [6.07, 6.45) is -0.100. The van der Waals surface area contributed by atoms with Gasteiger partial charge in [0.1, 0.15) is 11.9 Å². The van der Waals surface area contributed by atoms with Crippen LogP contribution in [0.2, 0.25) is 0 Å². The number of benzene rings is 2. The van der Waals surface area contributed by atoms with Gasteiger partial charge in [0.15, 0.2) is 0 Å². The van der Waals surface area contributed by atoms with Gasteiger partial charge in [-0.15, -0.1) is 0 Å². The molecule has 2 amide bonds. The molecule has 6 nitrogen and oxygen atoms in total. The molecule has 1 atom stereocenters. The molecule has 0 saturated heterocycles. The molecule has 3 rings (SSSR count). The Hall–Kier alpha value is -2.86. The first-order chi connectivity index (χ1) is 13.6. The molecule has 0 N–H and O–H groups in total. The number of hydrogen-bond acceptors (Lipinski definition) is 4. The van der Waals surface area contributed by atoms with Crippen LogP contribution >= 0.6 is 0 Å². The molecule has 148 valence electrons. The normalized spacial score (nSPS) is 17.4. The fraction of sp³-hybridized carbons (Fsp3) is 0.364. The van der Waals surface area contributed by atoms with Gasteiger partial charge in [-0.1, -0.05) is 30.3 Å². The van der Waals surface area contributed by atoms with Crippen molar-refractivity contribution in [3.05, 3.63) is 59.7 Å². The van der Waals surface area contributed by atoms with Crippen molar-refractivity contribution in [2.45, 2.75) is 19.4 Å². The highest BCUT2D eigenvalue weighted by molar-refractivity contribution is 5.98. The Balaban J connectivity index is 1.97. The highest BCUT2D eigenvalue weighted by Crippen LogP contribution is 2.31. The van der Waals surface area contributed by atoms with Crippen LogP contribution in [0.25, 0.3) is 0 Å². The predicted octanol–water partition coefficient (Wildman–Crippen LogP) is 3.28. The molecular formula is C22H26N2O4. The predicted molar refractivity (Wildman–Crippen MR) is 108 cm³/mol. The summed E-state index contributed by atoms with van der Waals surface area (Å²) in [6, 6.07) is 14.8. The minimum Gasteiger partial charge on any atom is -0.493 e. The van der Waals surface area contributed by atoms with Crippen molar-refractivity contribution in [1.82, 2.24) is 4.90 Å². The zero-order valence-electron chi connectivity index (χ0n) is 16.6. The zero-order chi connectivity index (χ0) is 20.1. The standard InChI is InChI=1S/C22H26N2O4/c1-4-28-19-12-8-6-10-17(19)22(26)24-14-13-21(25)23(2)18-11-7-5-9-16(18)20(15-24)27-3/h5-12,20H,4,13-15H2,1-3H3. The van der Waals surface area contributed by atoms with E-state index in [0.29, 0.717) is 31.0 Å². The van der Waals surface area contributed by atoms with Crippen LogP contribution in [-0.2, 0) is 9.53 Å². The van der Waals surface area contributed by atoms with Gasteiger partial charge in [0.2, 0.25) is 5.91 Å². The minimum absolute atomic E-state index is 0.0416. The van der Waals surface area contributed by atoms with Crippen LogP contribution in [0.15, 0.2) is 48.5 Å². The van der Waals surface area contributed by atoms with Crippen LogP contribution in [0.1, 0.15) is 35.4 Å². The largest absolute Gasteiger partial charge is 0.493 e. The number of anilines is 1. The number of methoxy groups -OCH3 is 1. The van der Waals surface area contributed by atoms with Crippen LogP contribution in [0.4, 0.5) is 5.69 Å². The SMILES string of the molecule is CCOc1ccccc1C(=O)N1CCC(=O)N(C)c2ccccc2C(OC)C1. The third-order valence-electron chi connectivity index (χ3n) is 4.99. The molecular weight excluding hydrogens is 356 g/mol. The molecule has 1 unspecified atom stereocenters. The molecule has 0 bridgehead atoms. The summed E-state index contributed by atoms with van der Waals surface area (Å²) < 4.78 is 11.3. The van der Waals surface area contributed by atoms with E-state index < -0.39 is 0 Å². The quantitative estimate of drug-likeness (QED) is 0.814. The Labute approximate surface area is 165 Å². The smallest absolute Gasteiger partial charge is 0.257 e. The molecule has 28 heavy (non-hydrogen) atoms. The van der Waals surface area contributed by atoms with Crippen molar-refractivity contribution in [2.75, 3.05) is 38.8 Å². The third-order valence-corrected chi connectivity index (χ3v) is 4.99. The fourth-order valence-corrected chi connectivity index (χ4v) is 3.47. The van der Waals surface area contributed by atoms with Crippen LogP contribution in [0, 0.1) is 0 Å². The van der Waals surface area contributed by atoms with Gasteiger partial charge in [-0.3, -0.25) is 9.59 Å². The van der Waals surface area contributed by atoms with Crippen LogP contribution in [-0.4, -0.2) is 50.6 Å². The highest BCUT2D eigenvalue weighted by Gasteiger charge is 2.29. The first kappa shape index (κ1) is 19.9. The van der Waals surface area contributed by atoms with Gasteiger partial charge in [0, 0.05) is 38.4 Å². The van der Waals surface area contributed by atoms with Gasteiger partial charge in [0.05, 0.1) is 18.7 Å². The number of carbonyl (C=O) groups is 2. The number of fused-ring (bicyclic) bond motifs is 1. The average Bonchev–Trinajstić information content (AvgIpc) is 2.77. The maximum Gasteiger partial charge on any atom is 0.257 e. The van der Waals surface area contributed by atoms with Gasteiger partial charge < -0.3 is 19.3 Å². The maximum absolute atomic E-state index is 13.3. The second kappa shape index (κ2) is 8.89. The summed E-state index contributed by atoms with van der Waals surface area (Å²) in [7, 11) is 3.38. The molecule has 6 heteroatoms. The van der Waals surface area contributed by atoms with E-state index in [1.165, 1.54) is 0 Å². The number of rotatable bonds is 4. The molecule has 0 saturated carbocycles. The van der Waals surface area contributed by atoms with Gasteiger partial charge in [-0.25, -0.2) is 0 Å². The van der Waals surface area contributed by atoms with Gasteiger partial charge in [0.25, 0.3) is 5.91 Å². The van der Waals surface area contributed by atoms with Gasteiger partial charge in [-0.2, -0.15) is 0 Å². The van der Waals surface area contributed by atoms with E-state index >= 15 is 0 Å². The topological polar surface area (TPSA) is 59.1 Å². The van der Waals surface area contributed by atoms with E-state index in [1.54, 1.807) is 36.1 Å². The van der Waals surface area contributed by atoms with E-state index in [0.717, 1.165) is 11.3 Å². The highest BCUT2D eigenvalue weighted by atomic mass is 16.5. The Bertz CT molecular complexity index is 852. The Kier molecular flexibility index (Phi) is 6.31. The van der Waals surface area contributed by atoms with E-state index in [2.05, 4.69) is 0 Å². The number of para-hydroxylation sites is 2. The summed E-state index contributed by atoms with van der Waals surface area (Å²) in [6.45, 7) is 3.03. The monoisotopic (exact) mass is 382 g/mol. The zero-order valence-corrected chi connectivity index (χ0v) is 16.6. The molecule has 0 fully saturated rings. The van der Waals surface area contributed by atoms with Gasteiger partial charge in [-0.05, 0) is 25.1 Å². The summed E-state index contributed by atoms with van der Waals surface area (Å²) in [5.74, 6) is 0.341. The molecule has 2 aromatic rings.